The fraction of sp³-hybridized carbons (Fsp3) is 0.562. The maximum atomic E-state index is 12.7. The zero-order valence-electron chi connectivity index (χ0n) is 26.1. The third-order valence-electron chi connectivity index (χ3n) is 9.14. The van der Waals surface area contributed by atoms with E-state index in [2.05, 4.69) is 61.9 Å². The lowest BCUT2D eigenvalue weighted by molar-refractivity contribution is 0.0904. The summed E-state index contributed by atoms with van der Waals surface area (Å²) in [5, 5.41) is 6.97. The number of anilines is 4. The molecule has 3 saturated heterocycles. The normalized spacial score (nSPS) is 19.3. The number of carbonyl (C=O) groups is 1. The molecule has 0 bridgehead atoms. The molecule has 3 aliphatic rings. The summed E-state index contributed by atoms with van der Waals surface area (Å²) in [4.78, 5) is 30.8. The number of rotatable bonds is 9. The predicted molar refractivity (Wildman–Crippen MR) is 177 cm³/mol. The number of carbonyl (C=O) groups excluding carboxylic acids is 1. The van der Waals surface area contributed by atoms with Gasteiger partial charge < -0.3 is 30.9 Å². The summed E-state index contributed by atoms with van der Waals surface area (Å²) in [5.41, 5.74) is 10.9. The fourth-order valence-corrected chi connectivity index (χ4v) is 7.27. The number of piperidine rings is 1. The Kier molecular flexibility index (Phi) is 9.60. The third kappa shape index (κ3) is 6.98. The molecule has 1 amide bonds. The van der Waals surface area contributed by atoms with Crippen molar-refractivity contribution in [3.63, 3.8) is 0 Å². The average molecular weight is 620 g/mol. The molecule has 3 fully saturated rings. The first-order valence-corrected chi connectivity index (χ1v) is 16.7. The number of hydrogen-bond donors (Lipinski definition) is 3. The van der Waals surface area contributed by atoms with Gasteiger partial charge in [0.15, 0.2) is 17.3 Å². The van der Waals surface area contributed by atoms with Crippen LogP contribution >= 0.6 is 11.5 Å². The van der Waals surface area contributed by atoms with E-state index in [1.807, 2.05) is 13.0 Å². The van der Waals surface area contributed by atoms with Crippen molar-refractivity contribution in [2.24, 2.45) is 5.73 Å². The van der Waals surface area contributed by atoms with Gasteiger partial charge in [-0.1, -0.05) is 6.92 Å². The van der Waals surface area contributed by atoms with Crippen molar-refractivity contribution in [3.8, 4) is 10.6 Å². The minimum atomic E-state index is -0.629. The molecule has 0 unspecified atom stereocenters. The molecule has 236 valence electrons. The summed E-state index contributed by atoms with van der Waals surface area (Å²) in [6, 6.07) is 9.27. The maximum Gasteiger partial charge on any atom is 0.271 e. The van der Waals surface area contributed by atoms with Crippen LogP contribution in [0, 0.1) is 6.92 Å². The highest BCUT2D eigenvalue weighted by atomic mass is 32.1. The number of benzene rings is 1. The molecular formula is C32H45N9O2S. The van der Waals surface area contributed by atoms with Crippen LogP contribution < -0.4 is 21.3 Å². The Balaban J connectivity index is 1.23. The van der Waals surface area contributed by atoms with E-state index in [4.69, 9.17) is 20.4 Å². The van der Waals surface area contributed by atoms with Crippen molar-refractivity contribution in [1.29, 1.82) is 0 Å². The molecule has 0 spiro atoms. The zero-order valence-corrected chi connectivity index (χ0v) is 27.0. The van der Waals surface area contributed by atoms with E-state index in [1.54, 1.807) is 0 Å². The van der Waals surface area contributed by atoms with Crippen molar-refractivity contribution in [1.82, 2.24) is 24.1 Å². The Labute approximate surface area is 264 Å². The molecular weight excluding hydrogens is 574 g/mol. The van der Waals surface area contributed by atoms with Gasteiger partial charge in [0.05, 0.1) is 10.6 Å². The largest absolute Gasteiger partial charge is 0.381 e. The van der Waals surface area contributed by atoms with Gasteiger partial charge in [0.1, 0.15) is 5.69 Å². The number of nitrogens with two attached hydrogens (primary N) is 1. The first-order valence-electron chi connectivity index (χ1n) is 15.9. The van der Waals surface area contributed by atoms with Crippen molar-refractivity contribution >= 4 is 40.5 Å². The second kappa shape index (κ2) is 13.8. The molecule has 0 aliphatic carbocycles. The van der Waals surface area contributed by atoms with Crippen LogP contribution in [0.25, 0.3) is 10.6 Å². The number of hydrogen-bond acceptors (Lipinski definition) is 11. The summed E-state index contributed by atoms with van der Waals surface area (Å²) in [7, 11) is 2.22. The number of aromatic nitrogens is 3. The van der Waals surface area contributed by atoms with Gasteiger partial charge in [0.2, 0.25) is 0 Å². The van der Waals surface area contributed by atoms with E-state index in [0.717, 1.165) is 61.7 Å². The highest BCUT2D eigenvalue weighted by Gasteiger charge is 2.28. The molecule has 3 aromatic rings. The van der Waals surface area contributed by atoms with E-state index in [9.17, 15) is 4.79 Å². The van der Waals surface area contributed by atoms with E-state index in [0.29, 0.717) is 36.6 Å². The standard InChI is InChI=1S/C32H45N9O2S/c1-4-22-20-24(5-6-26(22)41-11-7-25(8-12-41)40-15-13-39(3)14-16-40)35-32-29(30(33)42)36-28(27-19-21(2)38-44-27)31(37-32)34-23-9-17-43-18-10-23/h5-6,19-20,23,25H,4,7-18H2,1-3H3,(H2,33,42)(H2,34,35,37). The highest BCUT2D eigenvalue weighted by Crippen LogP contribution is 2.34. The van der Waals surface area contributed by atoms with Gasteiger partial charge >= 0.3 is 0 Å². The summed E-state index contributed by atoms with van der Waals surface area (Å²) in [6.45, 7) is 12.3. The third-order valence-corrected chi connectivity index (χ3v) is 10.0. The van der Waals surface area contributed by atoms with Crippen LogP contribution in [0.2, 0.25) is 0 Å². The van der Waals surface area contributed by atoms with Crippen LogP contribution in [0.1, 0.15) is 54.4 Å². The van der Waals surface area contributed by atoms with Crippen LogP contribution in [0.5, 0.6) is 0 Å². The Morgan fingerprint density at radius 1 is 1.02 bits per heavy atom. The van der Waals surface area contributed by atoms with Gasteiger partial charge in [-0.15, -0.1) is 0 Å². The SMILES string of the molecule is CCc1cc(Nc2nc(NC3CCOCC3)c(-c3cc(C)ns3)nc2C(N)=O)ccc1N1CCC(N2CCN(C)CC2)CC1. The Bertz CT molecular complexity index is 1440. The molecule has 11 nitrogen and oxygen atoms in total. The monoisotopic (exact) mass is 619 g/mol. The first kappa shape index (κ1) is 30.7. The van der Waals surface area contributed by atoms with Crippen molar-refractivity contribution in [2.75, 3.05) is 75.1 Å². The van der Waals surface area contributed by atoms with Crippen molar-refractivity contribution in [2.45, 2.75) is 58.0 Å². The van der Waals surface area contributed by atoms with Gasteiger partial charge in [0.25, 0.3) is 5.91 Å². The highest BCUT2D eigenvalue weighted by molar-refractivity contribution is 7.09. The van der Waals surface area contributed by atoms with Crippen molar-refractivity contribution in [3.05, 3.63) is 41.2 Å². The Morgan fingerprint density at radius 3 is 2.43 bits per heavy atom. The van der Waals surface area contributed by atoms with Gasteiger partial charge in [-0.3, -0.25) is 9.69 Å². The molecule has 12 heteroatoms. The summed E-state index contributed by atoms with van der Waals surface area (Å²) < 4.78 is 9.98. The van der Waals surface area contributed by atoms with Crippen LogP contribution in [0.3, 0.4) is 0 Å². The smallest absolute Gasteiger partial charge is 0.271 e. The molecule has 3 aliphatic heterocycles. The Morgan fingerprint density at radius 2 is 1.77 bits per heavy atom. The van der Waals surface area contributed by atoms with Gasteiger partial charge in [-0.25, -0.2) is 9.97 Å². The van der Waals surface area contributed by atoms with Gasteiger partial charge in [-0.2, -0.15) is 4.37 Å². The lowest BCUT2D eigenvalue weighted by atomic mass is 10.00. The number of nitrogens with zero attached hydrogens (tertiary/aromatic N) is 6. The summed E-state index contributed by atoms with van der Waals surface area (Å²) in [6.07, 6.45) is 5.03. The molecule has 1 aromatic carbocycles. The van der Waals surface area contributed by atoms with E-state index < -0.39 is 5.91 Å². The molecule has 0 radical (unpaired) electrons. The number of aryl methyl sites for hydroxylation is 2. The molecule has 2 aromatic heterocycles. The summed E-state index contributed by atoms with van der Waals surface area (Å²) in [5.74, 6) is 0.333. The molecule has 0 saturated carbocycles. The molecule has 6 rings (SSSR count). The molecule has 5 heterocycles. The van der Waals surface area contributed by atoms with Gasteiger partial charge in [0, 0.05) is 75.9 Å². The van der Waals surface area contributed by atoms with Gasteiger partial charge in [-0.05, 0) is 87.4 Å². The molecule has 4 N–H and O–H groups in total. The van der Waals surface area contributed by atoms with E-state index in [1.165, 1.54) is 48.7 Å². The second-order valence-electron chi connectivity index (χ2n) is 12.2. The lowest BCUT2D eigenvalue weighted by Crippen LogP contribution is -2.52. The number of nitrogens with one attached hydrogen (secondary N) is 2. The quantitative estimate of drug-likeness (QED) is 0.322. The number of primary amides is 1. The zero-order chi connectivity index (χ0) is 30.6. The van der Waals surface area contributed by atoms with E-state index >= 15 is 0 Å². The topological polar surface area (TPSA) is 125 Å². The van der Waals surface area contributed by atoms with Crippen LogP contribution in [-0.2, 0) is 11.2 Å². The Hall–Kier alpha value is -3.32. The molecule has 0 atom stereocenters. The minimum Gasteiger partial charge on any atom is -0.381 e. The number of piperazine rings is 1. The second-order valence-corrected chi connectivity index (χ2v) is 13.0. The van der Waals surface area contributed by atoms with E-state index in [-0.39, 0.29) is 11.7 Å². The predicted octanol–water partition coefficient (Wildman–Crippen LogP) is 4.12. The number of ether oxygens (including phenoxy) is 1. The lowest BCUT2D eigenvalue weighted by Gasteiger charge is -2.43. The summed E-state index contributed by atoms with van der Waals surface area (Å²) >= 11 is 1.34. The van der Waals surface area contributed by atoms with Crippen molar-refractivity contribution < 1.29 is 9.53 Å². The minimum absolute atomic E-state index is 0.108. The van der Waals surface area contributed by atoms with Crippen LogP contribution in [0.15, 0.2) is 24.3 Å². The number of likely N-dealkylation sites (N-methyl/N-ethyl adjacent to an activating group) is 1. The van der Waals surface area contributed by atoms with Crippen LogP contribution in [0.4, 0.5) is 23.0 Å². The van der Waals surface area contributed by atoms with Crippen LogP contribution in [-0.4, -0.2) is 102 Å². The number of amides is 1. The average Bonchev–Trinajstić information content (AvgIpc) is 3.48. The first-order chi connectivity index (χ1) is 21.4. The molecule has 44 heavy (non-hydrogen) atoms. The maximum absolute atomic E-state index is 12.7. The fourth-order valence-electron chi connectivity index (χ4n) is 6.53.